The summed E-state index contributed by atoms with van der Waals surface area (Å²) in [5.41, 5.74) is 4.52. The Hall–Kier alpha value is -1.86. The minimum Gasteiger partial charge on any atom is -0.378 e. The van der Waals surface area contributed by atoms with Gasteiger partial charge in [0, 0.05) is 47.7 Å². The van der Waals surface area contributed by atoms with Crippen molar-refractivity contribution in [1.29, 1.82) is 5.26 Å². The number of nitrogens with zero attached hydrogens (tertiary/aromatic N) is 5. The van der Waals surface area contributed by atoms with E-state index >= 15 is 0 Å². The van der Waals surface area contributed by atoms with Crippen molar-refractivity contribution < 1.29 is 9.26 Å². The molecule has 37 heavy (non-hydrogen) atoms. The fraction of sp³-hybridized carbons (Fsp3) is 0.556. The van der Waals surface area contributed by atoms with Gasteiger partial charge in [0.05, 0.1) is 18.9 Å². The molecular weight excluding hydrogens is 529 g/mol. The van der Waals surface area contributed by atoms with Crippen LogP contribution in [-0.4, -0.2) is 68.4 Å². The van der Waals surface area contributed by atoms with Crippen molar-refractivity contribution in [2.45, 2.75) is 38.8 Å². The highest BCUT2D eigenvalue weighted by Gasteiger charge is 2.23. The van der Waals surface area contributed by atoms with Gasteiger partial charge in [-0.15, -0.1) is 36.2 Å². The van der Waals surface area contributed by atoms with Gasteiger partial charge in [-0.1, -0.05) is 5.16 Å². The van der Waals surface area contributed by atoms with Crippen LogP contribution in [0.3, 0.4) is 0 Å². The van der Waals surface area contributed by atoms with Crippen molar-refractivity contribution in [2.75, 3.05) is 58.4 Å². The molecule has 0 N–H and O–H groups in total. The monoisotopic (exact) mass is 565 g/mol. The largest absolute Gasteiger partial charge is 0.378 e. The van der Waals surface area contributed by atoms with Gasteiger partial charge < -0.3 is 19.1 Å². The maximum absolute atomic E-state index is 9.05. The Balaban J connectivity index is 0.00000190. The summed E-state index contributed by atoms with van der Waals surface area (Å²) in [4.78, 5) is 9.23. The van der Waals surface area contributed by atoms with Crippen LogP contribution in [-0.2, 0) is 24.2 Å². The van der Waals surface area contributed by atoms with Crippen LogP contribution in [0.25, 0.3) is 11.0 Å². The van der Waals surface area contributed by atoms with Gasteiger partial charge in [0.15, 0.2) is 5.58 Å². The average molecular weight is 567 g/mol. The molecule has 2 aliphatic heterocycles. The lowest BCUT2D eigenvalue weighted by Crippen LogP contribution is -2.37. The highest BCUT2D eigenvalue weighted by atomic mass is 35.5. The van der Waals surface area contributed by atoms with Crippen LogP contribution in [0.2, 0.25) is 0 Å². The van der Waals surface area contributed by atoms with E-state index in [-0.39, 0.29) is 24.8 Å². The summed E-state index contributed by atoms with van der Waals surface area (Å²) in [5, 5.41) is 14.8. The van der Waals surface area contributed by atoms with Crippen LogP contribution in [0.4, 0.5) is 5.69 Å². The van der Waals surface area contributed by atoms with Gasteiger partial charge >= 0.3 is 0 Å². The summed E-state index contributed by atoms with van der Waals surface area (Å²) in [5.74, 6) is 0.727. The molecule has 2 saturated heterocycles. The first-order valence-corrected chi connectivity index (χ1v) is 13.5. The van der Waals surface area contributed by atoms with Gasteiger partial charge in [-0.25, -0.2) is 0 Å². The van der Waals surface area contributed by atoms with Crippen LogP contribution in [0, 0.1) is 17.2 Å². The standard InChI is InChI=1S/C27H35N5O2S.2ClH/c1-30(2)19-24-26(32-13-15-33-16-14-32)8-6-23-25(29-34-27(23)24)7-3-20-9-11-31(12-10-20)18-22-5-4-21(17-28)35-22;;/h4-6,8,20H,3,7,9-16,18-19H2,1-2H3;2*1H. The van der Waals surface area contributed by atoms with Crippen molar-refractivity contribution in [3.05, 3.63) is 45.3 Å². The Bertz CT molecular complexity index is 1180. The summed E-state index contributed by atoms with van der Waals surface area (Å²) in [6.45, 7) is 7.42. The zero-order valence-corrected chi connectivity index (χ0v) is 24.1. The molecule has 1 aromatic carbocycles. The predicted molar refractivity (Wildman–Crippen MR) is 154 cm³/mol. The van der Waals surface area contributed by atoms with E-state index in [1.165, 1.54) is 34.4 Å². The van der Waals surface area contributed by atoms with E-state index in [1.807, 2.05) is 6.07 Å². The quantitative estimate of drug-likeness (QED) is 0.364. The second kappa shape index (κ2) is 13.8. The first-order chi connectivity index (χ1) is 17.1. The van der Waals surface area contributed by atoms with E-state index in [1.54, 1.807) is 11.3 Å². The van der Waals surface area contributed by atoms with Crippen molar-refractivity contribution in [2.24, 2.45) is 5.92 Å². The molecule has 3 aromatic rings. The Labute approximate surface area is 236 Å². The summed E-state index contributed by atoms with van der Waals surface area (Å²) in [7, 11) is 4.21. The number of nitriles is 1. The van der Waals surface area contributed by atoms with E-state index < -0.39 is 0 Å². The van der Waals surface area contributed by atoms with Gasteiger partial charge in [0.25, 0.3) is 0 Å². The molecule has 0 unspecified atom stereocenters. The predicted octanol–water partition coefficient (Wildman–Crippen LogP) is 5.35. The topological polar surface area (TPSA) is 68.8 Å². The number of aromatic nitrogens is 1. The molecule has 0 radical (unpaired) electrons. The molecular formula is C27H37Cl2N5O2S. The van der Waals surface area contributed by atoms with Crippen molar-refractivity contribution in [1.82, 2.24) is 15.0 Å². The first kappa shape index (κ1) is 29.7. The number of hydrogen-bond donors (Lipinski definition) is 0. The third kappa shape index (κ3) is 7.17. The molecule has 7 nitrogen and oxygen atoms in total. The Morgan fingerprint density at radius 2 is 1.84 bits per heavy atom. The van der Waals surface area contributed by atoms with Crippen molar-refractivity contribution in [3.8, 4) is 6.07 Å². The highest BCUT2D eigenvalue weighted by molar-refractivity contribution is 7.12. The number of thiophene rings is 1. The minimum absolute atomic E-state index is 0. The summed E-state index contributed by atoms with van der Waals surface area (Å²) < 4.78 is 11.5. The number of likely N-dealkylation sites (tertiary alicyclic amines) is 1. The van der Waals surface area contributed by atoms with E-state index in [4.69, 9.17) is 14.5 Å². The number of ether oxygens (including phenoxy) is 1. The molecule has 0 saturated carbocycles. The maximum atomic E-state index is 9.05. The Morgan fingerprint density at radius 3 is 2.51 bits per heavy atom. The molecule has 0 aliphatic carbocycles. The third-order valence-corrected chi connectivity index (χ3v) is 8.24. The van der Waals surface area contributed by atoms with Gasteiger partial charge in [0.1, 0.15) is 10.9 Å². The zero-order valence-electron chi connectivity index (χ0n) is 21.6. The lowest BCUT2D eigenvalue weighted by atomic mass is 9.91. The molecule has 10 heteroatoms. The van der Waals surface area contributed by atoms with Crippen molar-refractivity contribution >= 4 is 52.8 Å². The molecule has 0 atom stereocenters. The van der Waals surface area contributed by atoms with Crippen LogP contribution >= 0.6 is 36.2 Å². The van der Waals surface area contributed by atoms with Gasteiger partial charge in [-0.05, 0) is 83.1 Å². The Morgan fingerprint density at radius 1 is 1.08 bits per heavy atom. The number of halogens is 2. The highest BCUT2D eigenvalue weighted by Crippen LogP contribution is 2.33. The number of rotatable bonds is 8. The molecule has 202 valence electrons. The van der Waals surface area contributed by atoms with E-state index in [0.717, 1.165) is 87.4 Å². The minimum atomic E-state index is 0. The van der Waals surface area contributed by atoms with Crippen LogP contribution in [0.5, 0.6) is 0 Å². The second-order valence-corrected chi connectivity index (χ2v) is 11.2. The van der Waals surface area contributed by atoms with Crippen molar-refractivity contribution in [3.63, 3.8) is 0 Å². The molecule has 0 bridgehead atoms. The smallest absolute Gasteiger partial charge is 0.173 e. The molecule has 2 fully saturated rings. The van der Waals surface area contributed by atoms with Gasteiger partial charge in [-0.2, -0.15) is 5.26 Å². The third-order valence-electron chi connectivity index (χ3n) is 7.27. The Kier molecular flexibility index (Phi) is 11.1. The number of anilines is 1. The van der Waals surface area contributed by atoms with Crippen LogP contribution in [0.15, 0.2) is 28.8 Å². The summed E-state index contributed by atoms with van der Waals surface area (Å²) >= 11 is 1.62. The number of morpholine rings is 1. The fourth-order valence-electron chi connectivity index (χ4n) is 5.37. The summed E-state index contributed by atoms with van der Waals surface area (Å²) in [6.07, 6.45) is 4.56. The average Bonchev–Trinajstić information content (AvgIpc) is 3.51. The van der Waals surface area contributed by atoms with Crippen LogP contribution in [0.1, 0.15) is 40.3 Å². The molecule has 0 amide bonds. The maximum Gasteiger partial charge on any atom is 0.173 e. The molecule has 2 aliphatic rings. The molecule has 5 rings (SSSR count). The van der Waals surface area contributed by atoms with E-state index in [9.17, 15) is 0 Å². The number of benzene rings is 1. The van der Waals surface area contributed by atoms with Gasteiger partial charge in [0.2, 0.25) is 0 Å². The first-order valence-electron chi connectivity index (χ1n) is 12.7. The zero-order chi connectivity index (χ0) is 24.2. The number of hydrogen-bond acceptors (Lipinski definition) is 8. The lowest BCUT2D eigenvalue weighted by Gasteiger charge is -2.31. The van der Waals surface area contributed by atoms with E-state index in [0.29, 0.717) is 0 Å². The number of fused-ring (bicyclic) bond motifs is 1. The lowest BCUT2D eigenvalue weighted by molar-refractivity contribution is 0.122. The van der Waals surface area contributed by atoms with Gasteiger partial charge in [-0.3, -0.25) is 4.90 Å². The molecule has 4 heterocycles. The fourth-order valence-corrected chi connectivity index (χ4v) is 6.21. The second-order valence-electron chi connectivity index (χ2n) is 10.0. The van der Waals surface area contributed by atoms with Crippen LogP contribution < -0.4 is 4.90 Å². The van der Waals surface area contributed by atoms with E-state index in [2.05, 4.69) is 58.2 Å². The number of piperidine rings is 1. The normalized spacial score (nSPS) is 17.0. The summed E-state index contributed by atoms with van der Waals surface area (Å²) in [6, 6.07) is 10.7. The molecule has 2 aromatic heterocycles. The SMILES string of the molecule is CN(C)Cc1c(N2CCOCC2)ccc2c(CCC3CCN(Cc4ccc(C#N)s4)CC3)noc12.Cl.Cl. The number of aryl methyl sites for hydroxylation is 1. The molecule has 0 spiro atoms.